The predicted molar refractivity (Wildman–Crippen MR) is 123 cm³/mol. The number of benzene rings is 2. The summed E-state index contributed by atoms with van der Waals surface area (Å²) in [5.74, 6) is -0.885. The molecule has 1 N–H and O–H groups in total. The molecular formula is C24H31F2N3O3S. The molecule has 6 nitrogen and oxygen atoms in total. The van der Waals surface area contributed by atoms with Crippen LogP contribution in [0.5, 0.6) is 0 Å². The number of hydrogen-bond donors (Lipinski definition) is 1. The van der Waals surface area contributed by atoms with Crippen molar-refractivity contribution >= 4 is 15.9 Å². The summed E-state index contributed by atoms with van der Waals surface area (Å²) in [5.41, 5.74) is 0.291. The predicted octanol–water partition coefficient (Wildman–Crippen LogP) is 3.53. The monoisotopic (exact) mass is 479 g/mol. The number of carbonyl (C=O) groups is 1. The molecule has 0 unspecified atom stereocenters. The Hall–Kier alpha value is -2.36. The van der Waals surface area contributed by atoms with E-state index < -0.39 is 21.4 Å². The largest absolute Gasteiger partial charge is 0.332 e. The zero-order valence-electron chi connectivity index (χ0n) is 19.2. The lowest BCUT2D eigenvalue weighted by Gasteiger charge is -2.38. The zero-order chi connectivity index (χ0) is 24.2. The van der Waals surface area contributed by atoms with Crippen molar-refractivity contribution in [1.82, 2.24) is 14.5 Å². The SMILES string of the molecule is CC(C)(C)N(Cc1cccc(F)c1)C(=O)CN1CCC(NS(=O)(=O)c2ccc(F)cc2)CC1. The first kappa shape index (κ1) is 25.3. The van der Waals surface area contributed by atoms with Crippen LogP contribution in [0.3, 0.4) is 0 Å². The number of nitrogens with zero attached hydrogens (tertiary/aromatic N) is 2. The van der Waals surface area contributed by atoms with Crippen LogP contribution < -0.4 is 4.72 Å². The maximum atomic E-state index is 13.6. The van der Waals surface area contributed by atoms with Gasteiger partial charge in [0.25, 0.3) is 0 Å². The summed E-state index contributed by atoms with van der Waals surface area (Å²) in [5, 5.41) is 0. The van der Waals surface area contributed by atoms with Crippen molar-refractivity contribution < 1.29 is 22.0 Å². The third-order valence-electron chi connectivity index (χ3n) is 5.73. The van der Waals surface area contributed by atoms with E-state index in [1.807, 2.05) is 25.7 Å². The first-order valence-electron chi connectivity index (χ1n) is 11.0. The van der Waals surface area contributed by atoms with Gasteiger partial charge in [-0.1, -0.05) is 12.1 Å². The molecule has 1 fully saturated rings. The van der Waals surface area contributed by atoms with Crippen molar-refractivity contribution in [1.29, 1.82) is 0 Å². The van der Waals surface area contributed by atoms with E-state index in [9.17, 15) is 22.0 Å². The van der Waals surface area contributed by atoms with E-state index in [-0.39, 0.29) is 29.2 Å². The van der Waals surface area contributed by atoms with E-state index >= 15 is 0 Å². The maximum absolute atomic E-state index is 13.6. The fourth-order valence-corrected chi connectivity index (χ4v) is 5.21. The van der Waals surface area contributed by atoms with Crippen LogP contribution in [0.25, 0.3) is 0 Å². The molecule has 0 radical (unpaired) electrons. The average Bonchev–Trinajstić information content (AvgIpc) is 2.73. The Morgan fingerprint density at radius 1 is 1.06 bits per heavy atom. The molecular weight excluding hydrogens is 448 g/mol. The van der Waals surface area contributed by atoms with E-state index in [0.29, 0.717) is 32.5 Å². The minimum atomic E-state index is -3.73. The Morgan fingerprint density at radius 2 is 1.70 bits per heavy atom. The molecule has 0 bridgehead atoms. The Balaban J connectivity index is 1.56. The normalized spacial score (nSPS) is 16.0. The van der Waals surface area contributed by atoms with Gasteiger partial charge in [-0.05, 0) is 75.6 Å². The lowest BCUT2D eigenvalue weighted by atomic mass is 10.0. The van der Waals surface area contributed by atoms with E-state index in [1.165, 1.54) is 24.3 Å². The van der Waals surface area contributed by atoms with Gasteiger partial charge < -0.3 is 4.90 Å². The number of halogens is 2. The smallest absolute Gasteiger partial charge is 0.240 e. The molecule has 33 heavy (non-hydrogen) atoms. The Kier molecular flexibility index (Phi) is 7.87. The average molecular weight is 480 g/mol. The molecule has 0 aromatic heterocycles. The minimum absolute atomic E-state index is 0.0275. The molecule has 2 aromatic carbocycles. The molecule has 0 atom stereocenters. The molecule has 1 amide bonds. The summed E-state index contributed by atoms with van der Waals surface area (Å²) in [7, 11) is -3.73. The van der Waals surface area contributed by atoms with Gasteiger partial charge in [0.15, 0.2) is 0 Å². The summed E-state index contributed by atoms with van der Waals surface area (Å²) in [6.07, 6.45) is 1.13. The minimum Gasteiger partial charge on any atom is -0.332 e. The molecule has 3 rings (SSSR count). The molecule has 1 heterocycles. The van der Waals surface area contributed by atoms with Crippen LogP contribution in [0.1, 0.15) is 39.2 Å². The van der Waals surface area contributed by atoms with Gasteiger partial charge in [0.1, 0.15) is 11.6 Å². The number of hydrogen-bond acceptors (Lipinski definition) is 4. The number of likely N-dealkylation sites (tertiary alicyclic amines) is 1. The number of piperidine rings is 1. The van der Waals surface area contributed by atoms with Crippen LogP contribution in [-0.2, 0) is 21.4 Å². The van der Waals surface area contributed by atoms with Gasteiger partial charge in [-0.2, -0.15) is 0 Å². The van der Waals surface area contributed by atoms with Crippen molar-refractivity contribution in [3.8, 4) is 0 Å². The highest BCUT2D eigenvalue weighted by molar-refractivity contribution is 7.89. The molecule has 0 aliphatic carbocycles. The van der Waals surface area contributed by atoms with E-state index in [0.717, 1.165) is 17.7 Å². The van der Waals surface area contributed by atoms with Crippen molar-refractivity contribution in [2.75, 3.05) is 19.6 Å². The highest BCUT2D eigenvalue weighted by atomic mass is 32.2. The van der Waals surface area contributed by atoms with Crippen LogP contribution in [0, 0.1) is 11.6 Å². The standard InChI is InChI=1S/C24H31F2N3O3S/c1-24(2,3)29(16-18-5-4-6-20(26)15-18)23(30)17-28-13-11-21(12-14-28)27-33(31,32)22-9-7-19(25)8-10-22/h4-10,15,21,27H,11-14,16-17H2,1-3H3. The summed E-state index contributed by atoms with van der Waals surface area (Å²) >= 11 is 0. The van der Waals surface area contributed by atoms with Crippen LogP contribution in [0.4, 0.5) is 8.78 Å². The summed E-state index contributed by atoms with van der Waals surface area (Å²) in [6.45, 7) is 7.50. The number of rotatable bonds is 7. The Bertz CT molecular complexity index is 1060. The first-order chi connectivity index (χ1) is 15.4. The highest BCUT2D eigenvalue weighted by Gasteiger charge is 2.30. The van der Waals surface area contributed by atoms with Gasteiger partial charge in [0.2, 0.25) is 15.9 Å². The topological polar surface area (TPSA) is 69.7 Å². The fourth-order valence-electron chi connectivity index (χ4n) is 3.90. The third-order valence-corrected chi connectivity index (χ3v) is 7.27. The fraction of sp³-hybridized carbons (Fsp3) is 0.458. The van der Waals surface area contributed by atoms with Crippen molar-refractivity contribution in [2.45, 2.75) is 56.6 Å². The molecule has 180 valence electrons. The van der Waals surface area contributed by atoms with E-state index in [4.69, 9.17) is 0 Å². The lowest BCUT2D eigenvalue weighted by Crippen LogP contribution is -2.51. The summed E-state index contributed by atoms with van der Waals surface area (Å²) in [4.78, 5) is 16.9. The summed E-state index contributed by atoms with van der Waals surface area (Å²) < 4.78 is 54.4. The van der Waals surface area contributed by atoms with Gasteiger partial charge in [-0.3, -0.25) is 9.69 Å². The third kappa shape index (κ3) is 7.06. The number of sulfonamides is 1. The Morgan fingerprint density at radius 3 is 2.27 bits per heavy atom. The lowest BCUT2D eigenvalue weighted by molar-refractivity contribution is -0.138. The van der Waals surface area contributed by atoms with Crippen molar-refractivity contribution in [3.05, 3.63) is 65.7 Å². The van der Waals surface area contributed by atoms with Crippen molar-refractivity contribution in [3.63, 3.8) is 0 Å². The molecule has 1 aliphatic heterocycles. The van der Waals surface area contributed by atoms with Gasteiger partial charge in [-0.25, -0.2) is 21.9 Å². The van der Waals surface area contributed by atoms with Gasteiger partial charge in [-0.15, -0.1) is 0 Å². The highest BCUT2D eigenvalue weighted by Crippen LogP contribution is 2.20. The van der Waals surface area contributed by atoms with Gasteiger partial charge in [0, 0.05) is 31.2 Å². The molecule has 0 saturated carbocycles. The molecule has 2 aromatic rings. The van der Waals surface area contributed by atoms with Crippen LogP contribution in [0.2, 0.25) is 0 Å². The molecule has 0 spiro atoms. The van der Waals surface area contributed by atoms with Gasteiger partial charge in [0.05, 0.1) is 11.4 Å². The second kappa shape index (κ2) is 10.3. The van der Waals surface area contributed by atoms with Crippen LogP contribution in [0.15, 0.2) is 53.4 Å². The number of nitrogens with one attached hydrogen (secondary N) is 1. The van der Waals surface area contributed by atoms with Gasteiger partial charge >= 0.3 is 0 Å². The number of carbonyl (C=O) groups excluding carboxylic acids is 1. The van der Waals surface area contributed by atoms with Crippen molar-refractivity contribution in [2.24, 2.45) is 0 Å². The quantitative estimate of drug-likeness (QED) is 0.660. The number of amides is 1. The van der Waals surface area contributed by atoms with Crippen LogP contribution >= 0.6 is 0 Å². The first-order valence-corrected chi connectivity index (χ1v) is 12.5. The molecule has 1 aliphatic rings. The Labute approximate surface area is 194 Å². The zero-order valence-corrected chi connectivity index (χ0v) is 20.0. The molecule has 9 heteroatoms. The summed E-state index contributed by atoms with van der Waals surface area (Å²) in [6, 6.07) is 10.7. The van der Waals surface area contributed by atoms with E-state index in [1.54, 1.807) is 17.0 Å². The molecule has 1 saturated heterocycles. The van der Waals surface area contributed by atoms with Crippen LogP contribution in [-0.4, -0.2) is 55.3 Å². The maximum Gasteiger partial charge on any atom is 0.240 e. The second-order valence-corrected chi connectivity index (χ2v) is 11.1. The van der Waals surface area contributed by atoms with E-state index in [2.05, 4.69) is 4.72 Å². The second-order valence-electron chi connectivity index (χ2n) is 9.41.